The Morgan fingerprint density at radius 1 is 1.24 bits per heavy atom. The molecular weight excluding hydrogens is 408 g/mol. The zero-order chi connectivity index (χ0) is 20.2. The van der Waals surface area contributed by atoms with Crippen LogP contribution in [0.3, 0.4) is 0 Å². The molecule has 1 aliphatic rings. The first kappa shape index (κ1) is 20.1. The van der Waals surface area contributed by atoms with Crippen molar-refractivity contribution in [2.75, 3.05) is 19.6 Å². The van der Waals surface area contributed by atoms with Crippen LogP contribution in [0.25, 0.3) is 10.2 Å². The Balaban J connectivity index is 1.39. The Kier molecular flexibility index (Phi) is 6.28. The number of nitrogens with one attached hydrogen (secondary N) is 1. The van der Waals surface area contributed by atoms with Crippen molar-refractivity contribution >= 4 is 39.1 Å². The summed E-state index contributed by atoms with van der Waals surface area (Å²) in [7, 11) is 0. The molecule has 152 valence electrons. The van der Waals surface area contributed by atoms with Gasteiger partial charge in [0.05, 0.1) is 17.8 Å². The molecule has 1 amide bonds. The van der Waals surface area contributed by atoms with Crippen molar-refractivity contribution < 1.29 is 4.79 Å². The summed E-state index contributed by atoms with van der Waals surface area (Å²) in [5.41, 5.74) is 0.940. The summed E-state index contributed by atoms with van der Waals surface area (Å²) < 4.78 is 1.50. The lowest BCUT2D eigenvalue weighted by Crippen LogP contribution is -2.37. The van der Waals surface area contributed by atoms with Gasteiger partial charge in [-0.2, -0.15) is 0 Å². The van der Waals surface area contributed by atoms with Crippen LogP contribution in [0.15, 0.2) is 46.8 Å². The first-order chi connectivity index (χ1) is 14.1. The van der Waals surface area contributed by atoms with Gasteiger partial charge in [0.25, 0.3) is 5.56 Å². The van der Waals surface area contributed by atoms with Crippen molar-refractivity contribution in [1.82, 2.24) is 19.8 Å². The number of amides is 1. The molecule has 1 aliphatic heterocycles. The molecule has 0 spiro atoms. The zero-order valence-electron chi connectivity index (χ0n) is 16.0. The van der Waals surface area contributed by atoms with Gasteiger partial charge in [-0.3, -0.25) is 19.1 Å². The monoisotopic (exact) mass is 430 g/mol. The number of rotatable bonds is 7. The van der Waals surface area contributed by atoms with Crippen molar-refractivity contribution in [3.63, 3.8) is 0 Å². The van der Waals surface area contributed by atoms with E-state index in [0.717, 1.165) is 41.3 Å². The van der Waals surface area contributed by atoms with Gasteiger partial charge in [-0.25, -0.2) is 4.98 Å². The smallest absolute Gasteiger partial charge is 0.262 e. The molecule has 0 radical (unpaired) electrons. The Morgan fingerprint density at radius 2 is 2.03 bits per heavy atom. The largest absolute Gasteiger partial charge is 0.354 e. The zero-order valence-corrected chi connectivity index (χ0v) is 17.6. The lowest BCUT2D eigenvalue weighted by atomic mass is 10.1. The Morgan fingerprint density at radius 3 is 2.83 bits per heavy atom. The van der Waals surface area contributed by atoms with E-state index in [1.54, 1.807) is 6.07 Å². The Labute approximate surface area is 178 Å². The van der Waals surface area contributed by atoms with Crippen molar-refractivity contribution in [3.8, 4) is 0 Å². The van der Waals surface area contributed by atoms with Crippen LogP contribution in [-0.2, 0) is 11.3 Å². The van der Waals surface area contributed by atoms with Crippen LogP contribution in [0.1, 0.15) is 30.9 Å². The highest BCUT2D eigenvalue weighted by atomic mass is 35.5. The summed E-state index contributed by atoms with van der Waals surface area (Å²) in [6, 6.07) is 9.64. The molecule has 0 bridgehead atoms. The number of thiophene rings is 1. The predicted octanol–water partition coefficient (Wildman–Crippen LogP) is 3.45. The Hall–Kier alpha value is -2.22. The molecule has 29 heavy (non-hydrogen) atoms. The van der Waals surface area contributed by atoms with Crippen LogP contribution in [0.5, 0.6) is 0 Å². The molecule has 1 aromatic carbocycles. The molecule has 2 aromatic heterocycles. The van der Waals surface area contributed by atoms with E-state index < -0.39 is 0 Å². The van der Waals surface area contributed by atoms with Gasteiger partial charge in [-0.05, 0) is 49.0 Å². The minimum atomic E-state index is -0.102. The van der Waals surface area contributed by atoms with E-state index in [9.17, 15) is 9.59 Å². The first-order valence-corrected chi connectivity index (χ1v) is 11.1. The van der Waals surface area contributed by atoms with Crippen LogP contribution in [0.2, 0.25) is 5.02 Å². The number of carbonyl (C=O) groups excluding carboxylic acids is 1. The second kappa shape index (κ2) is 9.07. The molecule has 1 atom stereocenters. The fraction of sp³-hybridized carbons (Fsp3) is 0.381. The van der Waals surface area contributed by atoms with Gasteiger partial charge in [-0.1, -0.05) is 29.8 Å². The number of fused-ring (bicyclic) bond motifs is 1. The van der Waals surface area contributed by atoms with Crippen molar-refractivity contribution in [1.29, 1.82) is 0 Å². The van der Waals surface area contributed by atoms with E-state index in [-0.39, 0.29) is 23.9 Å². The van der Waals surface area contributed by atoms with E-state index in [2.05, 4.69) is 15.2 Å². The van der Waals surface area contributed by atoms with Crippen LogP contribution >= 0.6 is 22.9 Å². The number of aryl methyl sites for hydroxylation is 1. The summed E-state index contributed by atoms with van der Waals surface area (Å²) in [5.74, 6) is -0.0847. The maximum atomic E-state index is 12.5. The number of hydrogen-bond donors (Lipinski definition) is 1. The van der Waals surface area contributed by atoms with Crippen LogP contribution < -0.4 is 10.9 Å². The number of nitrogens with zero attached hydrogens (tertiary/aromatic N) is 3. The second-order valence-corrected chi connectivity index (χ2v) is 8.52. The van der Waals surface area contributed by atoms with E-state index in [1.165, 1.54) is 22.2 Å². The molecule has 1 saturated heterocycles. The SMILES string of the molecule is O=C(CCn1cnc2sccc2c1=O)NC[C@@H](c1ccccc1Cl)N1CCCC1. The molecular formula is C21H23ClN4O2S. The summed E-state index contributed by atoms with van der Waals surface area (Å²) >= 11 is 7.86. The summed E-state index contributed by atoms with van der Waals surface area (Å²) in [6.45, 7) is 2.82. The molecule has 8 heteroatoms. The van der Waals surface area contributed by atoms with Gasteiger partial charge < -0.3 is 5.32 Å². The maximum Gasteiger partial charge on any atom is 0.262 e. The third-order valence-corrected chi connectivity index (χ3v) is 6.53. The molecule has 3 aromatic rings. The number of likely N-dealkylation sites (tertiary alicyclic amines) is 1. The highest BCUT2D eigenvalue weighted by molar-refractivity contribution is 7.16. The number of aromatic nitrogens is 2. The van der Waals surface area contributed by atoms with Gasteiger partial charge in [0.2, 0.25) is 5.91 Å². The van der Waals surface area contributed by atoms with E-state index >= 15 is 0 Å². The molecule has 6 nitrogen and oxygen atoms in total. The van der Waals surface area contributed by atoms with E-state index in [1.807, 2.05) is 29.6 Å². The van der Waals surface area contributed by atoms with Crippen molar-refractivity contribution in [3.05, 3.63) is 63.0 Å². The van der Waals surface area contributed by atoms with Gasteiger partial charge >= 0.3 is 0 Å². The molecule has 1 N–H and O–H groups in total. The fourth-order valence-corrected chi connectivity index (χ4v) is 4.79. The quantitative estimate of drug-likeness (QED) is 0.623. The predicted molar refractivity (Wildman–Crippen MR) is 117 cm³/mol. The molecule has 0 saturated carbocycles. The molecule has 0 aliphatic carbocycles. The normalized spacial score (nSPS) is 15.6. The van der Waals surface area contributed by atoms with Crippen LogP contribution in [0.4, 0.5) is 0 Å². The number of halogens is 1. The fourth-order valence-electron chi connectivity index (χ4n) is 3.81. The molecule has 1 fully saturated rings. The minimum absolute atomic E-state index is 0.0571. The standard InChI is InChI=1S/C21H23ClN4O2S/c22-17-6-2-1-5-15(17)18(25-9-3-4-10-25)13-23-19(27)7-11-26-14-24-20-16(21(26)28)8-12-29-20/h1-2,5-6,8,12,14,18H,3-4,7,9-11,13H2,(H,23,27)/t18-/m0/s1. The minimum Gasteiger partial charge on any atom is -0.354 e. The summed E-state index contributed by atoms with van der Waals surface area (Å²) in [6.07, 6.45) is 4.07. The average molecular weight is 431 g/mol. The number of carbonyl (C=O) groups is 1. The third-order valence-electron chi connectivity index (χ3n) is 5.37. The number of benzene rings is 1. The summed E-state index contributed by atoms with van der Waals surface area (Å²) in [4.78, 5) is 32.3. The van der Waals surface area contributed by atoms with Crippen LogP contribution in [-0.4, -0.2) is 40.0 Å². The lowest BCUT2D eigenvalue weighted by molar-refractivity contribution is -0.121. The maximum absolute atomic E-state index is 12.5. The van der Waals surface area contributed by atoms with Crippen LogP contribution in [0, 0.1) is 0 Å². The van der Waals surface area contributed by atoms with Gasteiger partial charge in [-0.15, -0.1) is 11.3 Å². The Bertz CT molecular complexity index is 1060. The van der Waals surface area contributed by atoms with Gasteiger partial charge in [0.15, 0.2) is 0 Å². The second-order valence-electron chi connectivity index (χ2n) is 7.22. The lowest BCUT2D eigenvalue weighted by Gasteiger charge is -2.29. The van der Waals surface area contributed by atoms with Crippen molar-refractivity contribution in [2.45, 2.75) is 31.8 Å². The van der Waals surface area contributed by atoms with E-state index in [4.69, 9.17) is 11.6 Å². The number of hydrogen-bond acceptors (Lipinski definition) is 5. The highest BCUT2D eigenvalue weighted by Gasteiger charge is 2.25. The average Bonchev–Trinajstić information content (AvgIpc) is 3.41. The topological polar surface area (TPSA) is 67.2 Å². The molecule has 4 rings (SSSR count). The third kappa shape index (κ3) is 4.52. The van der Waals surface area contributed by atoms with Crippen molar-refractivity contribution in [2.24, 2.45) is 0 Å². The molecule has 3 heterocycles. The van der Waals surface area contributed by atoms with Gasteiger partial charge in [0.1, 0.15) is 4.83 Å². The molecule has 0 unspecified atom stereocenters. The van der Waals surface area contributed by atoms with Gasteiger partial charge in [0, 0.05) is 24.5 Å². The van der Waals surface area contributed by atoms with E-state index in [0.29, 0.717) is 18.5 Å². The summed E-state index contributed by atoms with van der Waals surface area (Å²) in [5, 5.41) is 6.21. The highest BCUT2D eigenvalue weighted by Crippen LogP contribution is 2.29. The first-order valence-electron chi connectivity index (χ1n) is 9.81.